The fourth-order valence-corrected chi connectivity index (χ4v) is 1.81. The number of aryl methyl sites for hydroxylation is 1. The van der Waals surface area contributed by atoms with Crippen LogP contribution in [0.2, 0.25) is 5.02 Å². The smallest absolute Gasteiger partial charge is 0.149 e. The van der Waals surface area contributed by atoms with Crippen LogP contribution in [0.4, 0.5) is 4.39 Å². The average molecular weight is 246 g/mol. The highest BCUT2D eigenvalue weighted by Gasteiger charge is 2.09. The SMILES string of the molecule is Cc1ccc(-c2cccc(Cl)c2F)cc1C#N. The van der Waals surface area contributed by atoms with Gasteiger partial charge in [-0.15, -0.1) is 0 Å². The van der Waals surface area contributed by atoms with Crippen LogP contribution in [0.15, 0.2) is 36.4 Å². The van der Waals surface area contributed by atoms with Gasteiger partial charge >= 0.3 is 0 Å². The summed E-state index contributed by atoms with van der Waals surface area (Å²) in [4.78, 5) is 0. The van der Waals surface area contributed by atoms with E-state index >= 15 is 0 Å². The lowest BCUT2D eigenvalue weighted by Gasteiger charge is -2.06. The van der Waals surface area contributed by atoms with Gasteiger partial charge in [-0.1, -0.05) is 35.9 Å². The molecule has 0 saturated heterocycles. The summed E-state index contributed by atoms with van der Waals surface area (Å²) in [6, 6.07) is 12.2. The number of nitriles is 1. The molecule has 0 aliphatic rings. The van der Waals surface area contributed by atoms with Crippen molar-refractivity contribution < 1.29 is 4.39 Å². The highest BCUT2D eigenvalue weighted by Crippen LogP contribution is 2.28. The van der Waals surface area contributed by atoms with E-state index < -0.39 is 5.82 Å². The van der Waals surface area contributed by atoms with Gasteiger partial charge in [0.2, 0.25) is 0 Å². The lowest BCUT2D eigenvalue weighted by molar-refractivity contribution is 0.632. The maximum Gasteiger partial charge on any atom is 0.149 e. The second kappa shape index (κ2) is 4.57. The third-order valence-corrected chi connectivity index (χ3v) is 2.91. The van der Waals surface area contributed by atoms with Crippen LogP contribution < -0.4 is 0 Å². The lowest BCUT2D eigenvalue weighted by atomic mass is 10.00. The van der Waals surface area contributed by atoms with Gasteiger partial charge in [-0.25, -0.2) is 4.39 Å². The third kappa shape index (κ3) is 2.15. The minimum atomic E-state index is -0.457. The molecular formula is C14H9ClFN. The Hall–Kier alpha value is -1.85. The van der Waals surface area contributed by atoms with Gasteiger partial charge in [-0.05, 0) is 30.2 Å². The van der Waals surface area contributed by atoms with Crippen molar-refractivity contribution in [2.24, 2.45) is 0 Å². The maximum absolute atomic E-state index is 13.8. The first-order chi connectivity index (χ1) is 8.13. The Labute approximate surface area is 104 Å². The van der Waals surface area contributed by atoms with Crippen LogP contribution in [0.1, 0.15) is 11.1 Å². The molecule has 0 aromatic heterocycles. The Bertz CT molecular complexity index is 614. The van der Waals surface area contributed by atoms with Crippen LogP contribution >= 0.6 is 11.6 Å². The fourth-order valence-electron chi connectivity index (χ4n) is 1.64. The normalized spacial score (nSPS) is 10.0. The average Bonchev–Trinajstić information content (AvgIpc) is 2.34. The minimum Gasteiger partial charge on any atom is -0.205 e. The van der Waals surface area contributed by atoms with E-state index in [1.807, 2.05) is 6.92 Å². The quantitative estimate of drug-likeness (QED) is 0.734. The van der Waals surface area contributed by atoms with Crippen molar-refractivity contribution in [2.75, 3.05) is 0 Å². The van der Waals surface area contributed by atoms with Crippen LogP contribution in [0.5, 0.6) is 0 Å². The predicted molar refractivity (Wildman–Crippen MR) is 66.3 cm³/mol. The van der Waals surface area contributed by atoms with Gasteiger partial charge in [0.25, 0.3) is 0 Å². The van der Waals surface area contributed by atoms with E-state index in [0.29, 0.717) is 16.7 Å². The summed E-state index contributed by atoms with van der Waals surface area (Å²) in [5.41, 5.74) is 2.49. The Kier molecular flexibility index (Phi) is 3.12. The van der Waals surface area contributed by atoms with E-state index in [1.165, 1.54) is 6.07 Å². The standard InChI is InChI=1S/C14H9ClFN/c1-9-5-6-10(7-11(9)8-17)12-3-2-4-13(15)14(12)16/h2-7H,1H3. The van der Waals surface area contributed by atoms with Gasteiger partial charge in [-0.3, -0.25) is 0 Å². The number of halogens is 2. The number of nitrogens with zero attached hydrogens (tertiary/aromatic N) is 1. The monoisotopic (exact) mass is 245 g/mol. The molecule has 0 unspecified atom stereocenters. The molecule has 0 amide bonds. The van der Waals surface area contributed by atoms with Gasteiger partial charge in [0.15, 0.2) is 0 Å². The Balaban J connectivity index is 2.62. The molecular weight excluding hydrogens is 237 g/mol. The molecule has 2 aromatic rings. The molecule has 0 saturated carbocycles. The molecule has 1 nitrogen and oxygen atoms in total. The first kappa shape index (κ1) is 11.6. The minimum absolute atomic E-state index is 0.0848. The zero-order valence-electron chi connectivity index (χ0n) is 9.17. The molecule has 0 aliphatic carbocycles. The summed E-state index contributed by atoms with van der Waals surface area (Å²) < 4.78 is 13.8. The van der Waals surface area contributed by atoms with E-state index in [9.17, 15) is 4.39 Å². The molecule has 84 valence electrons. The maximum atomic E-state index is 13.8. The number of benzene rings is 2. The van der Waals surface area contributed by atoms with Crippen molar-refractivity contribution in [1.82, 2.24) is 0 Å². The summed E-state index contributed by atoms with van der Waals surface area (Å²) in [5.74, 6) is -0.457. The highest BCUT2D eigenvalue weighted by molar-refractivity contribution is 6.31. The molecule has 0 spiro atoms. The van der Waals surface area contributed by atoms with Crippen molar-refractivity contribution in [2.45, 2.75) is 6.92 Å². The number of hydrogen-bond donors (Lipinski definition) is 0. The molecule has 0 heterocycles. The van der Waals surface area contributed by atoms with Gasteiger partial charge in [-0.2, -0.15) is 5.26 Å². The zero-order chi connectivity index (χ0) is 12.4. The molecule has 0 N–H and O–H groups in total. The first-order valence-electron chi connectivity index (χ1n) is 5.08. The fraction of sp³-hybridized carbons (Fsp3) is 0.0714. The van der Waals surface area contributed by atoms with E-state index in [0.717, 1.165) is 5.56 Å². The van der Waals surface area contributed by atoms with Crippen molar-refractivity contribution in [3.05, 3.63) is 58.4 Å². The van der Waals surface area contributed by atoms with Crippen LogP contribution in [0.25, 0.3) is 11.1 Å². The van der Waals surface area contributed by atoms with Crippen LogP contribution in [0, 0.1) is 24.1 Å². The van der Waals surface area contributed by atoms with Gasteiger partial charge in [0.05, 0.1) is 16.7 Å². The molecule has 3 heteroatoms. The van der Waals surface area contributed by atoms with Crippen molar-refractivity contribution >= 4 is 11.6 Å². The molecule has 0 radical (unpaired) electrons. The first-order valence-corrected chi connectivity index (χ1v) is 5.46. The molecule has 0 aliphatic heterocycles. The Morgan fingerprint density at radius 1 is 1.24 bits per heavy atom. The van der Waals surface area contributed by atoms with Crippen molar-refractivity contribution in [3.8, 4) is 17.2 Å². The highest BCUT2D eigenvalue weighted by atomic mass is 35.5. The summed E-state index contributed by atoms with van der Waals surface area (Å²) in [6.45, 7) is 1.84. The molecule has 0 bridgehead atoms. The van der Waals surface area contributed by atoms with E-state index in [1.54, 1.807) is 30.3 Å². The number of rotatable bonds is 1. The molecule has 0 atom stereocenters. The third-order valence-electron chi connectivity index (χ3n) is 2.62. The van der Waals surface area contributed by atoms with Crippen LogP contribution in [0.3, 0.4) is 0 Å². The van der Waals surface area contributed by atoms with E-state index in [2.05, 4.69) is 6.07 Å². The summed E-state index contributed by atoms with van der Waals surface area (Å²) >= 11 is 5.73. The summed E-state index contributed by atoms with van der Waals surface area (Å²) in [6.07, 6.45) is 0. The van der Waals surface area contributed by atoms with Crippen LogP contribution in [-0.4, -0.2) is 0 Å². The van der Waals surface area contributed by atoms with Gasteiger partial charge < -0.3 is 0 Å². The Morgan fingerprint density at radius 3 is 2.71 bits per heavy atom. The van der Waals surface area contributed by atoms with Gasteiger partial charge in [0, 0.05) is 5.56 Å². The summed E-state index contributed by atoms with van der Waals surface area (Å²) in [5, 5.41) is 9.03. The topological polar surface area (TPSA) is 23.8 Å². The predicted octanol–water partition coefficient (Wildman–Crippen LogP) is 4.33. The largest absolute Gasteiger partial charge is 0.205 e. The van der Waals surface area contributed by atoms with Gasteiger partial charge in [0.1, 0.15) is 5.82 Å². The Morgan fingerprint density at radius 2 is 2.00 bits per heavy atom. The number of hydrogen-bond acceptors (Lipinski definition) is 1. The van der Waals surface area contributed by atoms with E-state index in [4.69, 9.17) is 16.9 Å². The van der Waals surface area contributed by atoms with Crippen molar-refractivity contribution in [3.63, 3.8) is 0 Å². The summed E-state index contributed by atoms with van der Waals surface area (Å²) in [7, 11) is 0. The van der Waals surface area contributed by atoms with E-state index in [-0.39, 0.29) is 5.02 Å². The zero-order valence-corrected chi connectivity index (χ0v) is 9.92. The molecule has 17 heavy (non-hydrogen) atoms. The lowest BCUT2D eigenvalue weighted by Crippen LogP contribution is -1.88. The van der Waals surface area contributed by atoms with Crippen LogP contribution in [-0.2, 0) is 0 Å². The second-order valence-corrected chi connectivity index (χ2v) is 4.15. The molecule has 0 fully saturated rings. The van der Waals surface area contributed by atoms with Crippen molar-refractivity contribution in [1.29, 1.82) is 5.26 Å². The molecule has 2 aromatic carbocycles. The second-order valence-electron chi connectivity index (χ2n) is 3.74. The molecule has 2 rings (SSSR count).